The number of carbonyl (C=O) groups excluding carboxylic acids is 1. The SMILES string of the molecule is CCCCCCC(=O)c1cc(C)cc(OC)c1. The second kappa shape index (κ2) is 7.10. The second-order valence-electron chi connectivity index (χ2n) is 4.47. The maximum absolute atomic E-state index is 12.0. The molecule has 0 heterocycles. The van der Waals surface area contributed by atoms with E-state index in [4.69, 9.17) is 4.74 Å². The lowest BCUT2D eigenvalue weighted by molar-refractivity contribution is 0.0978. The summed E-state index contributed by atoms with van der Waals surface area (Å²) in [6, 6.07) is 5.70. The van der Waals surface area contributed by atoms with Gasteiger partial charge in [-0.05, 0) is 37.1 Å². The van der Waals surface area contributed by atoms with Gasteiger partial charge in [0.25, 0.3) is 0 Å². The van der Waals surface area contributed by atoms with Crippen molar-refractivity contribution in [2.75, 3.05) is 7.11 Å². The average Bonchev–Trinajstić information content (AvgIpc) is 2.33. The minimum absolute atomic E-state index is 0.225. The summed E-state index contributed by atoms with van der Waals surface area (Å²) < 4.78 is 5.18. The van der Waals surface area contributed by atoms with Crippen molar-refractivity contribution in [2.45, 2.75) is 46.0 Å². The maximum Gasteiger partial charge on any atom is 0.163 e. The molecular weight excluding hydrogens is 212 g/mol. The molecule has 1 rings (SSSR count). The van der Waals surface area contributed by atoms with Gasteiger partial charge in [-0.15, -0.1) is 0 Å². The van der Waals surface area contributed by atoms with E-state index in [0.29, 0.717) is 6.42 Å². The Labute approximate surface area is 104 Å². The van der Waals surface area contributed by atoms with E-state index < -0.39 is 0 Å². The molecule has 94 valence electrons. The lowest BCUT2D eigenvalue weighted by Gasteiger charge is -2.06. The number of ketones is 1. The summed E-state index contributed by atoms with van der Waals surface area (Å²) in [5.74, 6) is 0.991. The predicted octanol–water partition coefficient (Wildman–Crippen LogP) is 4.16. The first-order valence-corrected chi connectivity index (χ1v) is 6.36. The Morgan fingerprint density at radius 2 is 1.94 bits per heavy atom. The Morgan fingerprint density at radius 3 is 2.59 bits per heavy atom. The summed E-state index contributed by atoms with van der Waals surface area (Å²) in [4.78, 5) is 12.0. The molecule has 0 amide bonds. The molecule has 0 saturated heterocycles. The molecule has 0 aromatic heterocycles. The standard InChI is InChI=1S/C15H22O2/c1-4-5-6-7-8-15(16)13-9-12(2)10-14(11-13)17-3/h9-11H,4-8H2,1-3H3. The van der Waals surface area contributed by atoms with Crippen LogP contribution in [0.4, 0.5) is 0 Å². The largest absolute Gasteiger partial charge is 0.497 e. The molecule has 0 spiro atoms. The third-order valence-electron chi connectivity index (χ3n) is 2.87. The van der Waals surface area contributed by atoms with E-state index in [1.165, 1.54) is 12.8 Å². The summed E-state index contributed by atoms with van der Waals surface area (Å²) in [5, 5.41) is 0. The molecule has 0 fully saturated rings. The molecule has 2 nitrogen and oxygen atoms in total. The quantitative estimate of drug-likeness (QED) is 0.523. The minimum Gasteiger partial charge on any atom is -0.497 e. The number of benzene rings is 1. The van der Waals surface area contributed by atoms with E-state index in [2.05, 4.69) is 6.92 Å². The number of Topliss-reactive ketones (excluding diaryl/α,β-unsaturated/α-hetero) is 1. The van der Waals surface area contributed by atoms with Crippen molar-refractivity contribution in [1.82, 2.24) is 0 Å². The molecule has 0 saturated carbocycles. The van der Waals surface area contributed by atoms with Gasteiger partial charge < -0.3 is 4.74 Å². The average molecular weight is 234 g/mol. The fraction of sp³-hybridized carbons (Fsp3) is 0.533. The van der Waals surface area contributed by atoms with Crippen molar-refractivity contribution in [3.05, 3.63) is 29.3 Å². The molecular formula is C15H22O2. The summed E-state index contributed by atoms with van der Waals surface area (Å²) in [5.41, 5.74) is 1.85. The van der Waals surface area contributed by atoms with Crippen LogP contribution in [0.2, 0.25) is 0 Å². The molecule has 0 aliphatic carbocycles. The van der Waals surface area contributed by atoms with Gasteiger partial charge in [-0.3, -0.25) is 4.79 Å². The molecule has 1 aromatic rings. The lowest BCUT2D eigenvalue weighted by atomic mass is 10.0. The normalized spacial score (nSPS) is 10.3. The van der Waals surface area contributed by atoms with Crippen molar-refractivity contribution in [1.29, 1.82) is 0 Å². The van der Waals surface area contributed by atoms with Crippen LogP contribution < -0.4 is 4.74 Å². The van der Waals surface area contributed by atoms with Crippen LogP contribution in [0.25, 0.3) is 0 Å². The first-order chi connectivity index (χ1) is 8.17. The van der Waals surface area contributed by atoms with E-state index in [-0.39, 0.29) is 5.78 Å². The van der Waals surface area contributed by atoms with Gasteiger partial charge in [-0.1, -0.05) is 26.2 Å². The maximum atomic E-state index is 12.0. The fourth-order valence-corrected chi connectivity index (χ4v) is 1.88. The zero-order chi connectivity index (χ0) is 12.7. The van der Waals surface area contributed by atoms with Crippen LogP contribution in [0.5, 0.6) is 5.75 Å². The Balaban J connectivity index is 2.59. The number of hydrogen-bond acceptors (Lipinski definition) is 2. The van der Waals surface area contributed by atoms with Crippen LogP contribution in [0.15, 0.2) is 18.2 Å². The van der Waals surface area contributed by atoms with Gasteiger partial charge in [-0.25, -0.2) is 0 Å². The summed E-state index contributed by atoms with van der Waals surface area (Å²) >= 11 is 0. The smallest absolute Gasteiger partial charge is 0.163 e. The van der Waals surface area contributed by atoms with Gasteiger partial charge in [-0.2, -0.15) is 0 Å². The minimum atomic E-state index is 0.225. The summed E-state index contributed by atoms with van der Waals surface area (Å²) in [6.07, 6.45) is 5.19. The third kappa shape index (κ3) is 4.59. The number of ether oxygens (including phenoxy) is 1. The number of aryl methyl sites for hydroxylation is 1. The fourth-order valence-electron chi connectivity index (χ4n) is 1.88. The van der Waals surface area contributed by atoms with Crippen molar-refractivity contribution >= 4 is 5.78 Å². The molecule has 0 radical (unpaired) electrons. The molecule has 0 aliphatic heterocycles. The molecule has 17 heavy (non-hydrogen) atoms. The number of rotatable bonds is 7. The van der Waals surface area contributed by atoms with Crippen LogP contribution in [0.1, 0.15) is 54.9 Å². The topological polar surface area (TPSA) is 26.3 Å². The van der Waals surface area contributed by atoms with Gasteiger partial charge in [0, 0.05) is 12.0 Å². The predicted molar refractivity (Wildman–Crippen MR) is 70.8 cm³/mol. The van der Waals surface area contributed by atoms with E-state index in [1.807, 2.05) is 25.1 Å². The Bertz CT molecular complexity index is 369. The number of unbranched alkanes of at least 4 members (excludes halogenated alkanes) is 3. The van der Waals surface area contributed by atoms with Crippen LogP contribution in [-0.4, -0.2) is 12.9 Å². The van der Waals surface area contributed by atoms with E-state index in [9.17, 15) is 4.79 Å². The molecule has 0 atom stereocenters. The number of carbonyl (C=O) groups is 1. The first kappa shape index (κ1) is 13.8. The molecule has 0 bridgehead atoms. The van der Waals surface area contributed by atoms with E-state index >= 15 is 0 Å². The highest BCUT2D eigenvalue weighted by Crippen LogP contribution is 2.18. The van der Waals surface area contributed by atoms with Crippen molar-refractivity contribution in [2.24, 2.45) is 0 Å². The van der Waals surface area contributed by atoms with Crippen LogP contribution in [0, 0.1) is 6.92 Å². The zero-order valence-corrected chi connectivity index (χ0v) is 11.1. The third-order valence-corrected chi connectivity index (χ3v) is 2.87. The molecule has 0 aliphatic rings. The Hall–Kier alpha value is -1.31. The van der Waals surface area contributed by atoms with Gasteiger partial charge in [0.15, 0.2) is 5.78 Å². The Kier molecular flexibility index (Phi) is 5.75. The van der Waals surface area contributed by atoms with Crippen molar-refractivity contribution < 1.29 is 9.53 Å². The molecule has 0 N–H and O–H groups in total. The van der Waals surface area contributed by atoms with E-state index in [1.54, 1.807) is 7.11 Å². The van der Waals surface area contributed by atoms with Crippen LogP contribution >= 0.6 is 0 Å². The lowest BCUT2D eigenvalue weighted by Crippen LogP contribution is -2.00. The zero-order valence-electron chi connectivity index (χ0n) is 11.1. The van der Waals surface area contributed by atoms with E-state index in [0.717, 1.165) is 29.7 Å². The van der Waals surface area contributed by atoms with Crippen LogP contribution in [-0.2, 0) is 0 Å². The molecule has 2 heteroatoms. The van der Waals surface area contributed by atoms with Crippen LogP contribution in [0.3, 0.4) is 0 Å². The second-order valence-corrected chi connectivity index (χ2v) is 4.47. The van der Waals surface area contributed by atoms with Gasteiger partial charge >= 0.3 is 0 Å². The highest BCUT2D eigenvalue weighted by molar-refractivity contribution is 5.96. The number of hydrogen-bond donors (Lipinski definition) is 0. The summed E-state index contributed by atoms with van der Waals surface area (Å²) in [7, 11) is 1.63. The number of methoxy groups -OCH3 is 1. The van der Waals surface area contributed by atoms with Crippen molar-refractivity contribution in [3.63, 3.8) is 0 Å². The Morgan fingerprint density at radius 1 is 1.18 bits per heavy atom. The van der Waals surface area contributed by atoms with Gasteiger partial charge in [0.2, 0.25) is 0 Å². The van der Waals surface area contributed by atoms with Gasteiger partial charge in [0.05, 0.1) is 7.11 Å². The van der Waals surface area contributed by atoms with Gasteiger partial charge in [0.1, 0.15) is 5.75 Å². The molecule has 0 unspecified atom stereocenters. The highest BCUT2D eigenvalue weighted by atomic mass is 16.5. The molecule has 1 aromatic carbocycles. The first-order valence-electron chi connectivity index (χ1n) is 6.36. The monoisotopic (exact) mass is 234 g/mol. The summed E-state index contributed by atoms with van der Waals surface area (Å²) in [6.45, 7) is 4.16. The highest BCUT2D eigenvalue weighted by Gasteiger charge is 2.07. The van der Waals surface area contributed by atoms with Crippen molar-refractivity contribution in [3.8, 4) is 5.75 Å².